The molecule has 10 aromatic rings. The molecule has 3 aromatic heterocycles. The quantitative estimate of drug-likeness (QED) is 0.166. The van der Waals surface area contributed by atoms with E-state index in [1.807, 2.05) is 36.4 Å². The third-order valence-corrected chi connectivity index (χ3v) is 10.2. The fourth-order valence-corrected chi connectivity index (χ4v) is 7.62. The lowest BCUT2D eigenvalue weighted by atomic mass is 9.92. The molecule has 0 saturated carbocycles. The second-order valence-electron chi connectivity index (χ2n) is 13.7. The van der Waals surface area contributed by atoms with E-state index in [1.54, 1.807) is 0 Å². The third kappa shape index (κ3) is 5.96. The van der Waals surface area contributed by atoms with Crippen molar-refractivity contribution in [1.29, 1.82) is 0 Å². The average Bonchev–Trinajstić information content (AvgIpc) is 3.69. The van der Waals surface area contributed by atoms with Crippen molar-refractivity contribution >= 4 is 16.3 Å². The van der Waals surface area contributed by atoms with Crippen LogP contribution in [0.1, 0.15) is 0 Å². The number of rotatable bonds is 7. The first kappa shape index (κ1) is 32.2. The molecule has 10 rings (SSSR count). The van der Waals surface area contributed by atoms with E-state index in [4.69, 9.17) is 15.1 Å². The minimum absolute atomic E-state index is 0.700. The molecule has 0 N–H and O–H groups in total. The molecule has 0 unspecified atom stereocenters. The summed E-state index contributed by atoms with van der Waals surface area (Å²) in [5.41, 5.74) is 14.5. The maximum Gasteiger partial charge on any atom is 0.160 e. The summed E-state index contributed by atoms with van der Waals surface area (Å²) in [4.78, 5) is 10.2. The maximum absolute atomic E-state index is 5.41. The Kier molecular flexibility index (Phi) is 8.12. The Morgan fingerprint density at radius 2 is 0.855 bits per heavy atom. The van der Waals surface area contributed by atoms with Crippen LogP contribution in [0, 0.1) is 0 Å². The lowest BCUT2D eigenvalue weighted by molar-refractivity contribution is 0.979. The molecule has 0 radical (unpaired) electrons. The van der Waals surface area contributed by atoms with Crippen LogP contribution in [0.3, 0.4) is 0 Å². The number of hydrogen-bond donors (Lipinski definition) is 0. The second-order valence-corrected chi connectivity index (χ2v) is 13.7. The topological polar surface area (TPSA) is 43.1 Å². The minimum Gasteiger partial charge on any atom is -0.231 e. The smallest absolute Gasteiger partial charge is 0.160 e. The molecule has 4 nitrogen and oxygen atoms in total. The molecule has 0 saturated heterocycles. The van der Waals surface area contributed by atoms with Gasteiger partial charge in [-0.3, -0.25) is 0 Å². The van der Waals surface area contributed by atoms with Gasteiger partial charge in [0.1, 0.15) is 5.69 Å². The van der Waals surface area contributed by atoms with Crippen LogP contribution in [-0.2, 0) is 0 Å². The second kappa shape index (κ2) is 13.8. The van der Waals surface area contributed by atoms with Gasteiger partial charge in [-0.2, -0.15) is 5.10 Å². The van der Waals surface area contributed by atoms with Crippen molar-refractivity contribution in [1.82, 2.24) is 19.6 Å². The Bertz CT molecular complexity index is 2880. The molecule has 3 heterocycles. The number of nitrogens with zero attached hydrogens (tertiary/aromatic N) is 4. The average molecular weight is 703 g/mol. The standard InChI is InChI=1S/C51H34N4/c1-6-18-35(19-7-1)45-34-46(53-51(52-45)39-26-14-5-15-27-39)41-29-16-28-40(32-41)42-30-17-31-43-44(42)33-47(36-20-8-2-9-21-36)55-50(43)48(37-22-10-3-11-23-37)49(54-55)38-24-12-4-13-25-38/h1-34H. The summed E-state index contributed by atoms with van der Waals surface area (Å²) in [6, 6.07) is 72.1. The molecule has 258 valence electrons. The number of pyridine rings is 1. The van der Waals surface area contributed by atoms with Gasteiger partial charge in [-0.05, 0) is 40.3 Å². The number of hydrogen-bond acceptors (Lipinski definition) is 3. The Labute approximate surface area is 319 Å². The molecule has 0 aliphatic rings. The molecule has 0 amide bonds. The van der Waals surface area contributed by atoms with Gasteiger partial charge < -0.3 is 0 Å². The Morgan fingerprint density at radius 3 is 1.51 bits per heavy atom. The van der Waals surface area contributed by atoms with Crippen molar-refractivity contribution in [2.75, 3.05) is 0 Å². The van der Waals surface area contributed by atoms with E-state index in [0.29, 0.717) is 5.82 Å². The lowest BCUT2D eigenvalue weighted by Crippen LogP contribution is -1.97. The van der Waals surface area contributed by atoms with Gasteiger partial charge in [-0.1, -0.05) is 188 Å². The normalized spacial score (nSPS) is 11.3. The predicted molar refractivity (Wildman–Crippen MR) is 226 cm³/mol. The first-order valence-electron chi connectivity index (χ1n) is 18.5. The van der Waals surface area contributed by atoms with Crippen LogP contribution >= 0.6 is 0 Å². The highest BCUT2D eigenvalue weighted by atomic mass is 15.2. The first-order chi connectivity index (χ1) is 27.3. The van der Waals surface area contributed by atoms with Gasteiger partial charge >= 0.3 is 0 Å². The zero-order valence-corrected chi connectivity index (χ0v) is 29.9. The minimum atomic E-state index is 0.700. The molecule has 0 aliphatic carbocycles. The van der Waals surface area contributed by atoms with Crippen LogP contribution in [-0.4, -0.2) is 19.6 Å². The summed E-state index contributed by atoms with van der Waals surface area (Å²) in [5, 5.41) is 7.70. The van der Waals surface area contributed by atoms with Gasteiger partial charge in [-0.15, -0.1) is 0 Å². The van der Waals surface area contributed by atoms with Gasteiger partial charge in [0.05, 0.1) is 22.6 Å². The Morgan fingerprint density at radius 1 is 0.345 bits per heavy atom. The van der Waals surface area contributed by atoms with Gasteiger partial charge in [-0.25, -0.2) is 14.5 Å². The van der Waals surface area contributed by atoms with Crippen LogP contribution in [0.15, 0.2) is 206 Å². The van der Waals surface area contributed by atoms with E-state index >= 15 is 0 Å². The van der Waals surface area contributed by atoms with Crippen molar-refractivity contribution in [2.24, 2.45) is 0 Å². The van der Waals surface area contributed by atoms with Crippen molar-refractivity contribution in [3.05, 3.63) is 206 Å². The van der Waals surface area contributed by atoms with Crippen LogP contribution in [0.4, 0.5) is 0 Å². The van der Waals surface area contributed by atoms with E-state index in [0.717, 1.165) is 89.1 Å². The molecule has 0 spiro atoms. The fraction of sp³-hybridized carbons (Fsp3) is 0. The summed E-state index contributed by atoms with van der Waals surface area (Å²) < 4.78 is 2.15. The first-order valence-corrected chi connectivity index (χ1v) is 18.5. The highest BCUT2D eigenvalue weighted by Crippen LogP contribution is 2.43. The van der Waals surface area contributed by atoms with Gasteiger partial charge in [0.25, 0.3) is 0 Å². The van der Waals surface area contributed by atoms with E-state index in [1.165, 1.54) is 0 Å². The van der Waals surface area contributed by atoms with Crippen molar-refractivity contribution < 1.29 is 0 Å². The molecule has 0 fully saturated rings. The third-order valence-electron chi connectivity index (χ3n) is 10.2. The lowest BCUT2D eigenvalue weighted by Gasteiger charge is -2.15. The summed E-state index contributed by atoms with van der Waals surface area (Å²) >= 11 is 0. The molecule has 0 aliphatic heterocycles. The van der Waals surface area contributed by atoms with E-state index in [2.05, 4.69) is 174 Å². The van der Waals surface area contributed by atoms with Crippen molar-refractivity contribution in [2.45, 2.75) is 0 Å². The molecule has 0 bridgehead atoms. The van der Waals surface area contributed by atoms with Gasteiger partial charge in [0.2, 0.25) is 0 Å². The van der Waals surface area contributed by atoms with Crippen LogP contribution < -0.4 is 0 Å². The van der Waals surface area contributed by atoms with Crippen LogP contribution in [0.25, 0.3) is 95.0 Å². The summed E-state index contributed by atoms with van der Waals surface area (Å²) in [6.07, 6.45) is 0. The summed E-state index contributed by atoms with van der Waals surface area (Å²) in [7, 11) is 0. The van der Waals surface area contributed by atoms with Gasteiger partial charge in [0, 0.05) is 38.8 Å². The molecular formula is C51H34N4. The van der Waals surface area contributed by atoms with E-state index in [9.17, 15) is 0 Å². The van der Waals surface area contributed by atoms with E-state index < -0.39 is 0 Å². The summed E-state index contributed by atoms with van der Waals surface area (Å²) in [6.45, 7) is 0. The highest BCUT2D eigenvalue weighted by molar-refractivity contribution is 6.12. The number of fused-ring (bicyclic) bond motifs is 3. The summed E-state index contributed by atoms with van der Waals surface area (Å²) in [5.74, 6) is 0.700. The fourth-order valence-electron chi connectivity index (χ4n) is 7.62. The van der Waals surface area contributed by atoms with Crippen LogP contribution in [0.2, 0.25) is 0 Å². The largest absolute Gasteiger partial charge is 0.231 e. The van der Waals surface area contributed by atoms with Crippen molar-refractivity contribution in [3.8, 4) is 78.7 Å². The molecular weight excluding hydrogens is 669 g/mol. The van der Waals surface area contributed by atoms with Crippen LogP contribution in [0.5, 0.6) is 0 Å². The SMILES string of the molecule is c1ccc(-c2cc(-c3cccc(-c4cccc5c4cc(-c4ccccc4)n4nc(-c6ccccc6)c(-c6ccccc6)c54)c3)nc(-c3ccccc3)n2)cc1. The molecule has 7 aromatic carbocycles. The van der Waals surface area contributed by atoms with Crippen molar-refractivity contribution in [3.63, 3.8) is 0 Å². The molecule has 55 heavy (non-hydrogen) atoms. The molecule has 0 atom stereocenters. The Hall–Kier alpha value is -7.43. The highest BCUT2D eigenvalue weighted by Gasteiger charge is 2.22. The Balaban J connectivity index is 1.22. The maximum atomic E-state index is 5.41. The van der Waals surface area contributed by atoms with E-state index in [-0.39, 0.29) is 0 Å². The van der Waals surface area contributed by atoms with Gasteiger partial charge in [0.15, 0.2) is 5.82 Å². The number of aromatic nitrogens is 4. The zero-order chi connectivity index (χ0) is 36.6. The monoisotopic (exact) mass is 702 g/mol. The number of benzene rings is 7. The zero-order valence-electron chi connectivity index (χ0n) is 29.9. The molecule has 4 heteroatoms. The predicted octanol–water partition coefficient (Wildman–Crippen LogP) is 12.9.